The van der Waals surface area contributed by atoms with Crippen molar-refractivity contribution in [2.75, 3.05) is 10.6 Å². The Hall–Kier alpha value is -2.29. The summed E-state index contributed by atoms with van der Waals surface area (Å²) in [6, 6.07) is 16.4. The zero-order valence-corrected chi connectivity index (χ0v) is 9.31. The predicted octanol–water partition coefficient (Wildman–Crippen LogP) is 3.51. The first-order valence-corrected chi connectivity index (χ1v) is 5.29. The van der Waals surface area contributed by atoms with Crippen LogP contribution in [0.2, 0.25) is 0 Å². The van der Waals surface area contributed by atoms with Gasteiger partial charge in [-0.2, -0.15) is 0 Å². The first-order chi connectivity index (χ1) is 8.24. The van der Waals surface area contributed by atoms with Gasteiger partial charge in [-0.15, -0.1) is 0 Å². The van der Waals surface area contributed by atoms with E-state index in [1.807, 2.05) is 54.6 Å². The number of carbonyl (C=O) groups is 1. The van der Waals surface area contributed by atoms with Crippen molar-refractivity contribution in [1.82, 2.24) is 0 Å². The van der Waals surface area contributed by atoms with Crippen LogP contribution in [0.15, 0.2) is 54.6 Å². The summed E-state index contributed by atoms with van der Waals surface area (Å²) in [6.45, 7) is 3.78. The van der Waals surface area contributed by atoms with Crippen molar-refractivity contribution in [3.8, 4) is 0 Å². The smallest absolute Gasteiger partial charge is 0.308 e. The minimum Gasteiger partial charge on any atom is -0.308 e. The molecule has 0 aliphatic carbocycles. The molecule has 3 nitrogen and oxygen atoms in total. The van der Waals surface area contributed by atoms with Crippen molar-refractivity contribution in [3.63, 3.8) is 0 Å². The summed E-state index contributed by atoms with van der Waals surface area (Å²) in [6.07, 6.45) is 0. The molecule has 3 heteroatoms. The maximum absolute atomic E-state index is 11.6. The minimum absolute atomic E-state index is 0.256. The quantitative estimate of drug-likeness (QED) is 0.806. The van der Waals surface area contributed by atoms with Crippen LogP contribution in [0.3, 0.4) is 0 Å². The van der Waals surface area contributed by atoms with Gasteiger partial charge in [-0.25, -0.2) is 4.79 Å². The van der Waals surface area contributed by atoms with Gasteiger partial charge in [-0.05, 0) is 36.8 Å². The van der Waals surface area contributed by atoms with Gasteiger partial charge in [0.2, 0.25) is 0 Å². The molecule has 85 valence electrons. The van der Waals surface area contributed by atoms with E-state index < -0.39 is 0 Å². The molecule has 0 spiro atoms. The summed E-state index contributed by atoms with van der Waals surface area (Å²) < 4.78 is 0. The monoisotopic (exact) mass is 225 g/mol. The zero-order valence-electron chi connectivity index (χ0n) is 9.31. The number of anilines is 2. The number of hydrogen-bond donors (Lipinski definition) is 2. The Morgan fingerprint density at radius 2 is 1.35 bits per heavy atom. The van der Waals surface area contributed by atoms with E-state index in [1.165, 1.54) is 0 Å². The van der Waals surface area contributed by atoms with Crippen molar-refractivity contribution in [3.05, 3.63) is 67.1 Å². The van der Waals surface area contributed by atoms with Gasteiger partial charge in [0.15, 0.2) is 0 Å². The van der Waals surface area contributed by atoms with Crippen LogP contribution in [0.4, 0.5) is 16.2 Å². The number of para-hydroxylation sites is 1. The first-order valence-electron chi connectivity index (χ1n) is 5.29. The van der Waals surface area contributed by atoms with Crippen molar-refractivity contribution in [2.24, 2.45) is 0 Å². The molecule has 0 aromatic heterocycles. The molecule has 2 N–H and O–H groups in total. The summed E-state index contributed by atoms with van der Waals surface area (Å²) in [5.74, 6) is 0. The Morgan fingerprint density at radius 3 is 1.94 bits per heavy atom. The summed E-state index contributed by atoms with van der Waals surface area (Å²) >= 11 is 0. The third-order valence-corrected chi connectivity index (χ3v) is 2.24. The average molecular weight is 225 g/mol. The fraction of sp³-hybridized carbons (Fsp3) is 0. The highest BCUT2D eigenvalue weighted by Crippen LogP contribution is 2.10. The Bertz CT molecular complexity index is 491. The van der Waals surface area contributed by atoms with Crippen LogP contribution in [0.5, 0.6) is 0 Å². The number of nitrogens with one attached hydrogen (secondary N) is 2. The second-order valence-electron chi connectivity index (χ2n) is 3.64. The molecule has 0 saturated heterocycles. The number of carbonyl (C=O) groups excluding carboxylic acids is 1. The van der Waals surface area contributed by atoms with E-state index in [2.05, 4.69) is 17.6 Å². The van der Waals surface area contributed by atoms with Crippen LogP contribution in [-0.2, 0) is 0 Å². The molecule has 0 bridgehead atoms. The third kappa shape index (κ3) is 3.34. The second kappa shape index (κ2) is 5.16. The largest absolute Gasteiger partial charge is 0.323 e. The first kappa shape index (κ1) is 11.2. The summed E-state index contributed by atoms with van der Waals surface area (Å²) in [4.78, 5) is 11.6. The van der Waals surface area contributed by atoms with Crippen LogP contribution in [0.1, 0.15) is 5.56 Å². The van der Waals surface area contributed by atoms with Crippen LogP contribution >= 0.6 is 0 Å². The lowest BCUT2D eigenvalue weighted by Crippen LogP contribution is -2.19. The highest BCUT2D eigenvalue weighted by Gasteiger charge is 2.01. The van der Waals surface area contributed by atoms with Crippen LogP contribution < -0.4 is 10.6 Å². The van der Waals surface area contributed by atoms with E-state index in [9.17, 15) is 4.79 Å². The van der Waals surface area contributed by atoms with Gasteiger partial charge in [0.1, 0.15) is 0 Å². The Kier molecular flexibility index (Phi) is 3.40. The summed E-state index contributed by atoms with van der Waals surface area (Å²) in [5, 5.41) is 5.48. The Morgan fingerprint density at radius 1 is 0.824 bits per heavy atom. The van der Waals surface area contributed by atoms with E-state index in [1.54, 1.807) is 0 Å². The fourth-order valence-electron chi connectivity index (χ4n) is 1.40. The van der Waals surface area contributed by atoms with E-state index in [4.69, 9.17) is 0 Å². The maximum atomic E-state index is 11.6. The number of urea groups is 1. The molecular weight excluding hydrogens is 212 g/mol. The molecule has 0 saturated carbocycles. The van der Waals surface area contributed by atoms with Crippen molar-refractivity contribution < 1.29 is 4.79 Å². The van der Waals surface area contributed by atoms with Gasteiger partial charge in [-0.3, -0.25) is 0 Å². The third-order valence-electron chi connectivity index (χ3n) is 2.24. The molecule has 0 fully saturated rings. The lowest BCUT2D eigenvalue weighted by Gasteiger charge is -2.07. The maximum Gasteiger partial charge on any atom is 0.323 e. The summed E-state index contributed by atoms with van der Waals surface area (Å²) in [7, 11) is 0. The van der Waals surface area contributed by atoms with Gasteiger partial charge in [0.25, 0.3) is 0 Å². The van der Waals surface area contributed by atoms with E-state index >= 15 is 0 Å². The van der Waals surface area contributed by atoms with Crippen molar-refractivity contribution >= 4 is 17.4 Å². The SMILES string of the molecule is [CH2]c1ccc(NC(=O)Nc2ccccc2)cc1. The molecule has 0 atom stereocenters. The Balaban J connectivity index is 1.96. The lowest BCUT2D eigenvalue weighted by atomic mass is 10.2. The highest BCUT2D eigenvalue weighted by atomic mass is 16.2. The van der Waals surface area contributed by atoms with E-state index in [-0.39, 0.29) is 6.03 Å². The molecule has 0 aliphatic heterocycles. The van der Waals surface area contributed by atoms with Crippen LogP contribution in [0.25, 0.3) is 0 Å². The standard InChI is InChI=1S/C14H13N2O/c1-11-7-9-13(10-8-11)16-14(17)15-12-5-3-2-4-6-12/h2-10H,1H2,(H2,15,16,17). The van der Waals surface area contributed by atoms with Gasteiger partial charge in [0.05, 0.1) is 0 Å². The highest BCUT2D eigenvalue weighted by molar-refractivity contribution is 5.99. The number of amides is 2. The Labute approximate surface area is 100 Å². The lowest BCUT2D eigenvalue weighted by molar-refractivity contribution is 0.262. The topological polar surface area (TPSA) is 41.1 Å². The molecular formula is C14H13N2O. The molecule has 2 rings (SSSR count). The molecule has 0 aliphatic rings. The predicted molar refractivity (Wildman–Crippen MR) is 70.0 cm³/mol. The van der Waals surface area contributed by atoms with E-state index in [0.717, 1.165) is 16.9 Å². The van der Waals surface area contributed by atoms with Crippen LogP contribution in [0, 0.1) is 6.92 Å². The molecule has 1 radical (unpaired) electrons. The minimum atomic E-state index is -0.256. The summed E-state index contributed by atoms with van der Waals surface area (Å²) in [5.41, 5.74) is 2.42. The fourth-order valence-corrected chi connectivity index (χ4v) is 1.40. The van der Waals surface area contributed by atoms with E-state index in [0.29, 0.717) is 0 Å². The normalized spacial score (nSPS) is 9.71. The van der Waals surface area contributed by atoms with Gasteiger partial charge in [0, 0.05) is 11.4 Å². The number of rotatable bonds is 2. The number of hydrogen-bond acceptors (Lipinski definition) is 1. The molecule has 17 heavy (non-hydrogen) atoms. The van der Waals surface area contributed by atoms with Gasteiger partial charge in [-0.1, -0.05) is 30.3 Å². The zero-order chi connectivity index (χ0) is 12.1. The molecule has 0 heterocycles. The molecule has 2 amide bonds. The van der Waals surface area contributed by atoms with Crippen LogP contribution in [-0.4, -0.2) is 6.03 Å². The molecule has 2 aromatic rings. The average Bonchev–Trinajstić information content (AvgIpc) is 2.33. The molecule has 2 aromatic carbocycles. The van der Waals surface area contributed by atoms with Crippen molar-refractivity contribution in [2.45, 2.75) is 0 Å². The second-order valence-corrected chi connectivity index (χ2v) is 3.64. The number of benzene rings is 2. The van der Waals surface area contributed by atoms with Crippen molar-refractivity contribution in [1.29, 1.82) is 0 Å². The van der Waals surface area contributed by atoms with Gasteiger partial charge < -0.3 is 10.6 Å². The van der Waals surface area contributed by atoms with Gasteiger partial charge >= 0.3 is 6.03 Å². The molecule has 0 unspecified atom stereocenters.